The Bertz CT molecular complexity index is 1800. The zero-order valence-electron chi connectivity index (χ0n) is 22.8. The number of nitrogens with one attached hydrogen (secondary N) is 2. The molecule has 0 saturated carbocycles. The first-order chi connectivity index (χ1) is 20.5. The molecule has 2 amide bonds. The maximum absolute atomic E-state index is 13.5. The standard InChI is InChI=1S/C31H24ClF3N6O2/c1-17-3-4-20(11-18(17)2)25-10-7-21(31(33,34)35)12-27(25)41-29(42)40-23-15-38-30(39-16-23)43-24-8-5-19(6-9-24)26-13-22(32)14-37-28(26)36/h3-16H,1-2H3,(H2,36,37)(H2,40,41,42). The second-order valence-electron chi connectivity index (χ2n) is 9.60. The number of aryl methyl sites for hydroxylation is 2. The summed E-state index contributed by atoms with van der Waals surface area (Å²) in [5.74, 6) is 0.780. The van der Waals surface area contributed by atoms with Gasteiger partial charge in [-0.2, -0.15) is 13.2 Å². The minimum atomic E-state index is -4.58. The van der Waals surface area contributed by atoms with E-state index in [1.165, 1.54) is 24.7 Å². The zero-order valence-corrected chi connectivity index (χ0v) is 23.6. The number of carbonyl (C=O) groups is 1. The third kappa shape index (κ3) is 7.02. The van der Waals surface area contributed by atoms with E-state index < -0.39 is 17.8 Å². The molecule has 2 aromatic heterocycles. The van der Waals surface area contributed by atoms with Crippen molar-refractivity contribution in [3.8, 4) is 34.0 Å². The lowest BCUT2D eigenvalue weighted by molar-refractivity contribution is -0.137. The monoisotopic (exact) mass is 604 g/mol. The molecular formula is C31H24ClF3N6O2. The number of ether oxygens (including phenoxy) is 1. The lowest BCUT2D eigenvalue weighted by Gasteiger charge is -2.16. The first-order valence-corrected chi connectivity index (χ1v) is 13.2. The van der Waals surface area contributed by atoms with E-state index in [0.29, 0.717) is 33.3 Å². The van der Waals surface area contributed by atoms with E-state index in [1.807, 2.05) is 26.0 Å². The highest BCUT2D eigenvalue weighted by Crippen LogP contribution is 2.37. The molecule has 43 heavy (non-hydrogen) atoms. The van der Waals surface area contributed by atoms with Crippen LogP contribution in [0.2, 0.25) is 5.02 Å². The number of nitrogens with two attached hydrogens (primary N) is 1. The van der Waals surface area contributed by atoms with Gasteiger partial charge in [-0.1, -0.05) is 48.0 Å². The van der Waals surface area contributed by atoms with Crippen molar-refractivity contribution in [1.82, 2.24) is 15.0 Å². The summed E-state index contributed by atoms with van der Waals surface area (Å²) >= 11 is 6.02. The minimum absolute atomic E-state index is 0.00444. The molecule has 0 radical (unpaired) electrons. The van der Waals surface area contributed by atoms with E-state index in [4.69, 9.17) is 22.1 Å². The second kappa shape index (κ2) is 12.0. The number of aromatic nitrogens is 3. The molecule has 0 aliphatic rings. The van der Waals surface area contributed by atoms with Crippen LogP contribution in [0.15, 0.2) is 85.3 Å². The van der Waals surface area contributed by atoms with Crippen molar-refractivity contribution in [3.63, 3.8) is 0 Å². The Morgan fingerprint density at radius 2 is 1.51 bits per heavy atom. The number of anilines is 3. The molecular weight excluding hydrogens is 581 g/mol. The predicted molar refractivity (Wildman–Crippen MR) is 160 cm³/mol. The number of pyridine rings is 1. The summed E-state index contributed by atoms with van der Waals surface area (Å²) in [6, 6.07) is 16.6. The number of amides is 2. The summed E-state index contributed by atoms with van der Waals surface area (Å²) in [5.41, 5.74) is 9.81. The van der Waals surface area contributed by atoms with Crippen LogP contribution in [0.4, 0.5) is 35.2 Å². The highest BCUT2D eigenvalue weighted by Gasteiger charge is 2.31. The van der Waals surface area contributed by atoms with Gasteiger partial charge in [0.1, 0.15) is 11.6 Å². The molecule has 5 rings (SSSR count). The van der Waals surface area contributed by atoms with E-state index in [9.17, 15) is 18.0 Å². The normalized spacial score (nSPS) is 11.2. The first-order valence-electron chi connectivity index (χ1n) is 12.8. The Morgan fingerprint density at radius 3 is 2.19 bits per heavy atom. The van der Waals surface area contributed by atoms with Crippen molar-refractivity contribution in [2.75, 3.05) is 16.4 Å². The van der Waals surface area contributed by atoms with Crippen LogP contribution in [0.5, 0.6) is 11.8 Å². The number of alkyl halides is 3. The van der Waals surface area contributed by atoms with E-state index in [2.05, 4.69) is 25.6 Å². The van der Waals surface area contributed by atoms with Crippen LogP contribution in [0.1, 0.15) is 16.7 Å². The van der Waals surface area contributed by atoms with E-state index in [1.54, 1.807) is 36.4 Å². The van der Waals surface area contributed by atoms with Crippen molar-refractivity contribution >= 4 is 34.8 Å². The Morgan fingerprint density at radius 1 is 0.814 bits per heavy atom. The topological polar surface area (TPSA) is 115 Å². The Balaban J connectivity index is 1.28. The number of hydrogen-bond acceptors (Lipinski definition) is 6. The van der Waals surface area contributed by atoms with Gasteiger partial charge in [-0.05, 0) is 66.4 Å². The summed E-state index contributed by atoms with van der Waals surface area (Å²) in [5, 5.41) is 5.52. The minimum Gasteiger partial charge on any atom is -0.424 e. The lowest BCUT2D eigenvalue weighted by atomic mass is 9.97. The Labute approximate surface area is 249 Å². The smallest absolute Gasteiger partial charge is 0.416 e. The number of rotatable bonds is 6. The largest absolute Gasteiger partial charge is 0.424 e. The van der Waals surface area contributed by atoms with E-state index in [-0.39, 0.29) is 17.4 Å². The third-order valence-corrected chi connectivity index (χ3v) is 6.77. The van der Waals surface area contributed by atoms with Gasteiger partial charge in [0.2, 0.25) is 0 Å². The van der Waals surface area contributed by atoms with Crippen LogP contribution in [-0.2, 0) is 6.18 Å². The maximum Gasteiger partial charge on any atom is 0.416 e. The molecule has 12 heteroatoms. The summed E-state index contributed by atoms with van der Waals surface area (Å²) in [6.07, 6.45) is -0.499. The average molecular weight is 605 g/mol. The van der Waals surface area contributed by atoms with Crippen molar-refractivity contribution in [1.29, 1.82) is 0 Å². The molecule has 0 aliphatic carbocycles. The van der Waals surface area contributed by atoms with Gasteiger partial charge >= 0.3 is 18.2 Å². The highest BCUT2D eigenvalue weighted by molar-refractivity contribution is 6.30. The molecule has 0 spiro atoms. The quantitative estimate of drug-likeness (QED) is 0.179. The molecule has 3 aromatic carbocycles. The molecule has 4 N–H and O–H groups in total. The zero-order chi connectivity index (χ0) is 30.7. The van der Waals surface area contributed by atoms with Gasteiger partial charge in [0.15, 0.2) is 0 Å². The molecule has 0 fully saturated rings. The van der Waals surface area contributed by atoms with Crippen LogP contribution in [0, 0.1) is 13.8 Å². The fraction of sp³-hybridized carbons (Fsp3) is 0.0968. The number of nitrogens with zero attached hydrogens (tertiary/aromatic N) is 3. The molecule has 5 aromatic rings. The number of benzene rings is 3. The van der Waals surface area contributed by atoms with E-state index >= 15 is 0 Å². The number of halogens is 4. The van der Waals surface area contributed by atoms with Crippen molar-refractivity contribution in [2.45, 2.75) is 20.0 Å². The van der Waals surface area contributed by atoms with Crippen molar-refractivity contribution in [3.05, 3.63) is 107 Å². The van der Waals surface area contributed by atoms with Crippen molar-refractivity contribution in [2.24, 2.45) is 0 Å². The summed E-state index contributed by atoms with van der Waals surface area (Å²) in [4.78, 5) is 25.1. The second-order valence-corrected chi connectivity index (χ2v) is 10.0. The van der Waals surface area contributed by atoms with Crippen LogP contribution in [-0.4, -0.2) is 21.0 Å². The number of carbonyl (C=O) groups excluding carboxylic acids is 1. The van der Waals surface area contributed by atoms with Gasteiger partial charge in [-0.25, -0.2) is 19.7 Å². The maximum atomic E-state index is 13.5. The molecule has 2 heterocycles. The number of urea groups is 1. The van der Waals surface area contributed by atoms with Crippen LogP contribution in [0.25, 0.3) is 22.3 Å². The molecule has 0 unspecified atom stereocenters. The fourth-order valence-corrected chi connectivity index (χ4v) is 4.35. The molecule has 0 bridgehead atoms. The van der Waals surface area contributed by atoms with Crippen LogP contribution >= 0.6 is 11.6 Å². The van der Waals surface area contributed by atoms with Crippen molar-refractivity contribution < 1.29 is 22.7 Å². The Hall–Kier alpha value is -5.16. The van der Waals surface area contributed by atoms with Gasteiger partial charge < -0.3 is 21.1 Å². The van der Waals surface area contributed by atoms with Gasteiger partial charge in [0.05, 0.1) is 34.4 Å². The van der Waals surface area contributed by atoms with Crippen LogP contribution in [0.3, 0.4) is 0 Å². The van der Waals surface area contributed by atoms with Gasteiger partial charge in [0, 0.05) is 17.3 Å². The third-order valence-electron chi connectivity index (χ3n) is 6.56. The predicted octanol–water partition coefficient (Wildman–Crippen LogP) is 8.51. The van der Waals surface area contributed by atoms with Gasteiger partial charge in [-0.15, -0.1) is 0 Å². The highest BCUT2D eigenvalue weighted by atomic mass is 35.5. The fourth-order valence-electron chi connectivity index (χ4n) is 4.19. The SMILES string of the molecule is Cc1ccc(-c2ccc(C(F)(F)F)cc2NC(=O)Nc2cnc(Oc3ccc(-c4cc(Cl)cnc4N)cc3)nc2)cc1C. The molecule has 0 saturated heterocycles. The first kappa shape index (κ1) is 29.3. The average Bonchev–Trinajstić information content (AvgIpc) is 2.97. The molecule has 8 nitrogen and oxygen atoms in total. The van der Waals surface area contributed by atoms with E-state index in [0.717, 1.165) is 28.8 Å². The molecule has 218 valence electrons. The summed E-state index contributed by atoms with van der Waals surface area (Å²) < 4.78 is 46.0. The summed E-state index contributed by atoms with van der Waals surface area (Å²) in [7, 11) is 0. The Kier molecular flexibility index (Phi) is 8.18. The number of hydrogen-bond donors (Lipinski definition) is 3. The van der Waals surface area contributed by atoms with Gasteiger partial charge in [0.25, 0.3) is 0 Å². The summed E-state index contributed by atoms with van der Waals surface area (Å²) in [6.45, 7) is 3.84. The number of nitrogen functional groups attached to an aromatic ring is 1. The van der Waals surface area contributed by atoms with Crippen LogP contribution < -0.4 is 21.1 Å². The molecule has 0 atom stereocenters. The molecule has 0 aliphatic heterocycles. The lowest BCUT2D eigenvalue weighted by Crippen LogP contribution is -2.20. The van der Waals surface area contributed by atoms with Gasteiger partial charge in [-0.3, -0.25) is 0 Å².